The van der Waals surface area contributed by atoms with E-state index in [9.17, 15) is 83.1 Å². The quantitative estimate of drug-likeness (QED) is 0.256. The molecule has 0 fully saturated rings. The molecule has 0 atom stereocenters. The molecule has 0 aliphatic heterocycles. The fraction of sp³-hybridized carbons (Fsp3) is 1.00. The molecular formula is C8HAgF17O3S. The summed E-state index contributed by atoms with van der Waals surface area (Å²) >= 11 is 0. The zero-order valence-electron chi connectivity index (χ0n) is 12.4. The maximum absolute atomic E-state index is 13.0. The number of rotatable bonds is 7. The zero-order valence-corrected chi connectivity index (χ0v) is 14.7. The van der Waals surface area contributed by atoms with Gasteiger partial charge in [0.25, 0.3) is 0 Å². The van der Waals surface area contributed by atoms with Crippen LogP contribution in [0.3, 0.4) is 0 Å². The van der Waals surface area contributed by atoms with E-state index in [0.29, 0.717) is 0 Å². The van der Waals surface area contributed by atoms with Crippen LogP contribution < -0.4 is 0 Å². The third-order valence-electron chi connectivity index (χ3n) is 3.02. The molecule has 0 aliphatic rings. The predicted octanol–water partition coefficient (Wildman–Crippen LogP) is 4.84. The normalized spacial score (nSPS) is 16.3. The Labute approximate surface area is 167 Å². The van der Waals surface area contributed by atoms with Gasteiger partial charge in [-0.2, -0.15) is 83.1 Å². The molecule has 0 rings (SSSR count). The van der Waals surface area contributed by atoms with Gasteiger partial charge >= 0.3 is 57.1 Å². The first-order valence-corrected chi connectivity index (χ1v) is 7.12. The Morgan fingerprint density at radius 1 is 0.433 bits per heavy atom. The molecule has 3 nitrogen and oxygen atoms in total. The molecule has 0 heterocycles. The number of hydrogen-bond donors (Lipinski definition) is 1. The molecule has 1 radical (unpaired) electrons. The summed E-state index contributed by atoms with van der Waals surface area (Å²) in [4.78, 5) is 0. The third kappa shape index (κ3) is 3.76. The molecule has 0 saturated carbocycles. The Balaban J connectivity index is 0. The van der Waals surface area contributed by atoms with Crippen LogP contribution in [0.25, 0.3) is 0 Å². The summed E-state index contributed by atoms with van der Waals surface area (Å²) in [5, 5.41) is -7.84. The summed E-state index contributed by atoms with van der Waals surface area (Å²) in [6.45, 7) is 0. The molecule has 1 N–H and O–H groups in total. The standard InChI is InChI=1S/C8HF17O3S.Ag/c9-1(10,3(13,14)5(17,18)7(21,22)23)2(11,12)4(15,16)6(19,20)8(24,25)29(26,27)28;/h(H,26,27,28);. The van der Waals surface area contributed by atoms with Crippen LogP contribution in [0, 0.1) is 0 Å². The van der Waals surface area contributed by atoms with E-state index >= 15 is 0 Å². The monoisotopic (exact) mass is 607 g/mol. The Kier molecular flexibility index (Phi) is 7.92. The van der Waals surface area contributed by atoms with E-state index < -0.39 is 57.1 Å². The minimum absolute atomic E-state index is 0. The van der Waals surface area contributed by atoms with Crippen molar-refractivity contribution < 1.29 is 110 Å². The molecule has 0 unspecified atom stereocenters. The van der Waals surface area contributed by atoms with Gasteiger partial charge in [-0.3, -0.25) is 4.55 Å². The Morgan fingerprint density at radius 2 is 0.633 bits per heavy atom. The van der Waals surface area contributed by atoms with Crippen LogP contribution in [0.5, 0.6) is 0 Å². The van der Waals surface area contributed by atoms with Crippen molar-refractivity contribution in [3.63, 3.8) is 0 Å². The Bertz CT molecular complexity index is 739. The van der Waals surface area contributed by atoms with Gasteiger partial charge in [0.15, 0.2) is 0 Å². The van der Waals surface area contributed by atoms with Crippen molar-refractivity contribution in [1.82, 2.24) is 0 Å². The Hall–Kier alpha value is -0.540. The summed E-state index contributed by atoms with van der Waals surface area (Å²) in [7, 11) is -7.89. The minimum atomic E-state index is -8.89. The number of hydrogen-bond acceptors (Lipinski definition) is 2. The van der Waals surface area contributed by atoms with Gasteiger partial charge in [0, 0.05) is 22.4 Å². The van der Waals surface area contributed by atoms with Crippen molar-refractivity contribution in [1.29, 1.82) is 0 Å². The van der Waals surface area contributed by atoms with E-state index in [1.54, 1.807) is 0 Å². The first-order valence-electron chi connectivity index (χ1n) is 5.68. The molecule has 0 aromatic heterocycles. The van der Waals surface area contributed by atoms with E-state index in [1.807, 2.05) is 0 Å². The second-order valence-electron chi connectivity index (χ2n) is 4.94. The Morgan fingerprint density at radius 3 is 0.833 bits per heavy atom. The third-order valence-corrected chi connectivity index (χ3v) is 3.92. The van der Waals surface area contributed by atoms with Crippen molar-refractivity contribution in [2.24, 2.45) is 0 Å². The maximum Gasteiger partial charge on any atom is 0.460 e. The average molecular weight is 608 g/mol. The van der Waals surface area contributed by atoms with Gasteiger partial charge in [-0.15, -0.1) is 0 Å². The van der Waals surface area contributed by atoms with Gasteiger partial charge in [0.1, 0.15) is 0 Å². The summed E-state index contributed by atoms with van der Waals surface area (Å²) in [6.07, 6.45) is -7.88. The molecule has 187 valence electrons. The summed E-state index contributed by atoms with van der Waals surface area (Å²) < 4.78 is 242. The molecule has 0 amide bonds. The zero-order chi connectivity index (χ0) is 24.5. The van der Waals surface area contributed by atoms with Gasteiger partial charge in [-0.05, 0) is 0 Å². The first kappa shape index (κ1) is 31.6. The van der Waals surface area contributed by atoms with Gasteiger partial charge < -0.3 is 0 Å². The van der Waals surface area contributed by atoms with Crippen molar-refractivity contribution in [2.45, 2.75) is 47.0 Å². The van der Waals surface area contributed by atoms with Crippen LogP contribution in [0.1, 0.15) is 0 Å². The van der Waals surface area contributed by atoms with Crippen molar-refractivity contribution >= 4 is 10.1 Å². The average Bonchev–Trinajstić information content (AvgIpc) is 2.43. The van der Waals surface area contributed by atoms with Gasteiger partial charge in [0.2, 0.25) is 0 Å². The second-order valence-corrected chi connectivity index (χ2v) is 6.40. The molecular weight excluding hydrogens is 607 g/mol. The van der Waals surface area contributed by atoms with Crippen molar-refractivity contribution in [2.75, 3.05) is 0 Å². The number of alkyl halides is 17. The fourth-order valence-corrected chi connectivity index (χ4v) is 1.76. The molecule has 0 bridgehead atoms. The molecule has 22 heteroatoms. The van der Waals surface area contributed by atoms with Crippen LogP contribution in [0.15, 0.2) is 0 Å². The molecule has 30 heavy (non-hydrogen) atoms. The van der Waals surface area contributed by atoms with Crippen LogP contribution in [-0.2, 0) is 32.5 Å². The first-order chi connectivity index (χ1) is 12.0. The van der Waals surface area contributed by atoms with Gasteiger partial charge in [-0.1, -0.05) is 0 Å². The van der Waals surface area contributed by atoms with Crippen molar-refractivity contribution in [3.05, 3.63) is 0 Å². The second kappa shape index (κ2) is 7.51. The molecule has 0 aromatic rings. The van der Waals surface area contributed by atoms with E-state index in [-0.39, 0.29) is 22.4 Å². The van der Waals surface area contributed by atoms with E-state index in [2.05, 4.69) is 0 Å². The summed E-state index contributed by atoms with van der Waals surface area (Å²) in [5.41, 5.74) is 0. The predicted molar refractivity (Wildman–Crippen MR) is 52.2 cm³/mol. The van der Waals surface area contributed by atoms with Crippen LogP contribution in [-0.4, -0.2) is 59.9 Å². The maximum atomic E-state index is 13.0. The largest absolute Gasteiger partial charge is 0.460 e. The van der Waals surface area contributed by atoms with Gasteiger partial charge in [-0.25, -0.2) is 0 Å². The van der Waals surface area contributed by atoms with Crippen LogP contribution in [0.2, 0.25) is 0 Å². The van der Waals surface area contributed by atoms with Crippen LogP contribution >= 0.6 is 0 Å². The van der Waals surface area contributed by atoms with Gasteiger partial charge in [0.05, 0.1) is 0 Å². The van der Waals surface area contributed by atoms with Crippen LogP contribution in [0.4, 0.5) is 74.6 Å². The summed E-state index contributed by atoms with van der Waals surface area (Å²) in [5.74, 6) is -52.0. The topological polar surface area (TPSA) is 54.4 Å². The molecule has 0 saturated heterocycles. The smallest absolute Gasteiger partial charge is 0.281 e. The number of halogens is 17. The molecule has 0 spiro atoms. The fourth-order valence-electron chi connectivity index (χ4n) is 1.31. The molecule has 0 aliphatic carbocycles. The van der Waals surface area contributed by atoms with E-state index in [0.717, 1.165) is 0 Å². The SMILES string of the molecule is O=S(=O)(O)C(F)(F)C(F)(F)C(F)(F)C(F)(F)C(F)(F)C(F)(F)C(F)(F)C(F)(F)F.[Ag]. The minimum Gasteiger partial charge on any atom is -0.281 e. The van der Waals surface area contributed by atoms with E-state index in [4.69, 9.17) is 4.55 Å². The van der Waals surface area contributed by atoms with E-state index in [1.165, 1.54) is 0 Å². The molecule has 0 aromatic carbocycles. The van der Waals surface area contributed by atoms with Crippen molar-refractivity contribution in [3.8, 4) is 0 Å². The summed E-state index contributed by atoms with van der Waals surface area (Å²) in [6, 6.07) is 0.